The molecule has 15 heavy (non-hydrogen) atoms. The second-order valence-corrected chi connectivity index (χ2v) is 4.84. The molecule has 0 aromatic carbocycles. The second-order valence-electron chi connectivity index (χ2n) is 3.93. The second kappa shape index (κ2) is 4.99. The summed E-state index contributed by atoms with van der Waals surface area (Å²) in [5.74, 6) is 0.838. The van der Waals surface area contributed by atoms with Crippen molar-refractivity contribution in [3.8, 4) is 5.75 Å². The first-order chi connectivity index (χ1) is 7.25. The molecule has 1 aromatic rings. The van der Waals surface area contributed by atoms with Crippen LogP contribution in [0.2, 0.25) is 0 Å². The lowest BCUT2D eigenvalue weighted by Crippen LogP contribution is -2.31. The number of aromatic nitrogens is 1. The van der Waals surface area contributed by atoms with Gasteiger partial charge in [0, 0.05) is 16.7 Å². The van der Waals surface area contributed by atoms with E-state index in [1.807, 2.05) is 6.07 Å². The Labute approximate surface area is 99.4 Å². The monoisotopic (exact) mass is 268 g/mol. The first kappa shape index (κ1) is 11.0. The number of nitrogens with zero attached hydrogens (tertiary/aromatic N) is 2. The van der Waals surface area contributed by atoms with E-state index in [2.05, 4.69) is 33.7 Å². The number of rotatable bonds is 3. The number of hydrogen-bond acceptors (Lipinski definition) is 3. The lowest BCUT2D eigenvalue weighted by Gasteiger charge is -2.19. The fourth-order valence-electron chi connectivity index (χ4n) is 1.85. The average Bonchev–Trinajstić information content (AvgIpc) is 2.61. The van der Waals surface area contributed by atoms with Crippen molar-refractivity contribution in [2.75, 3.05) is 13.2 Å². The normalized spacial score (nSPS) is 21.8. The highest BCUT2D eigenvalue weighted by Gasteiger charge is 2.20. The summed E-state index contributed by atoms with van der Waals surface area (Å²) in [6.45, 7) is 1.94. The molecule has 1 aliphatic rings. The van der Waals surface area contributed by atoms with E-state index in [1.54, 1.807) is 12.4 Å². The minimum Gasteiger partial charge on any atom is -0.490 e. The van der Waals surface area contributed by atoms with Crippen LogP contribution >= 0.6 is 15.9 Å². The maximum atomic E-state index is 5.71. The Morgan fingerprint density at radius 1 is 1.60 bits per heavy atom. The Morgan fingerprint density at radius 3 is 3.13 bits per heavy atom. The predicted molar refractivity (Wildman–Crippen MR) is 65.7 cm³/mol. The summed E-state index contributed by atoms with van der Waals surface area (Å²) >= 11 is 3.37. The molecule has 0 aliphatic carbocycles. The Hall–Kier alpha value is -0.545. The van der Waals surface area contributed by atoms with Crippen LogP contribution in [0.1, 0.15) is 12.8 Å². The number of halogens is 1. The third-order valence-electron chi connectivity index (χ3n) is 2.79. The van der Waals surface area contributed by atoms with Crippen LogP contribution in [0, 0.1) is 0 Å². The van der Waals surface area contributed by atoms with Crippen LogP contribution in [0.15, 0.2) is 22.9 Å². The van der Waals surface area contributed by atoms with Gasteiger partial charge in [-0.3, -0.25) is 4.98 Å². The van der Waals surface area contributed by atoms with Gasteiger partial charge in [0.15, 0.2) is 7.98 Å². The standard InChI is InChI=1S/C10H14BBrN2O/c11-14-3-1-2-9(14)7-15-10-4-8(12)5-13-6-10/h4-6,9H,1-3,7,11H2/t9-/m0/s1. The molecule has 0 unspecified atom stereocenters. The van der Waals surface area contributed by atoms with Gasteiger partial charge in [-0.2, -0.15) is 0 Å². The van der Waals surface area contributed by atoms with Gasteiger partial charge in [-0.15, -0.1) is 0 Å². The van der Waals surface area contributed by atoms with Crippen LogP contribution in [-0.4, -0.2) is 37.0 Å². The molecule has 5 heteroatoms. The topological polar surface area (TPSA) is 25.4 Å². The molecule has 2 heterocycles. The molecular weight excluding hydrogens is 255 g/mol. The molecule has 1 fully saturated rings. The summed E-state index contributed by atoms with van der Waals surface area (Å²) in [6.07, 6.45) is 6.02. The molecule has 0 N–H and O–H groups in total. The molecule has 1 aromatic heterocycles. The van der Waals surface area contributed by atoms with Crippen LogP contribution in [0.5, 0.6) is 5.75 Å². The van der Waals surface area contributed by atoms with Crippen molar-refractivity contribution in [1.82, 2.24) is 9.79 Å². The maximum absolute atomic E-state index is 5.71. The number of pyridine rings is 1. The first-order valence-electron chi connectivity index (χ1n) is 5.19. The minimum absolute atomic E-state index is 0.559. The third kappa shape index (κ3) is 2.95. The minimum atomic E-state index is 0.559. The van der Waals surface area contributed by atoms with Gasteiger partial charge >= 0.3 is 0 Å². The molecule has 1 saturated heterocycles. The maximum Gasteiger partial charge on any atom is 0.185 e. The summed E-state index contributed by atoms with van der Waals surface area (Å²) in [6, 6.07) is 2.51. The molecular formula is C10H14BBrN2O. The highest BCUT2D eigenvalue weighted by atomic mass is 79.9. The van der Waals surface area contributed by atoms with E-state index in [1.165, 1.54) is 19.4 Å². The molecule has 0 spiro atoms. The van der Waals surface area contributed by atoms with Crippen molar-refractivity contribution in [3.63, 3.8) is 0 Å². The zero-order valence-electron chi connectivity index (χ0n) is 8.82. The van der Waals surface area contributed by atoms with E-state index in [-0.39, 0.29) is 0 Å². The van der Waals surface area contributed by atoms with Crippen LogP contribution in [0.25, 0.3) is 0 Å². The quantitative estimate of drug-likeness (QED) is 0.772. The highest BCUT2D eigenvalue weighted by molar-refractivity contribution is 9.10. The molecule has 0 radical (unpaired) electrons. The Balaban J connectivity index is 1.87. The van der Waals surface area contributed by atoms with E-state index in [0.717, 1.165) is 16.8 Å². The number of hydrogen-bond donors (Lipinski definition) is 0. The first-order valence-corrected chi connectivity index (χ1v) is 5.98. The van der Waals surface area contributed by atoms with Gasteiger partial charge in [0.2, 0.25) is 0 Å². The van der Waals surface area contributed by atoms with Gasteiger partial charge in [-0.25, -0.2) is 0 Å². The van der Waals surface area contributed by atoms with Crippen molar-refractivity contribution in [3.05, 3.63) is 22.9 Å². The Bertz CT molecular complexity index is 337. The van der Waals surface area contributed by atoms with E-state index >= 15 is 0 Å². The average molecular weight is 269 g/mol. The molecule has 80 valence electrons. The van der Waals surface area contributed by atoms with Crippen molar-refractivity contribution in [2.24, 2.45) is 0 Å². The van der Waals surface area contributed by atoms with Gasteiger partial charge < -0.3 is 9.55 Å². The van der Waals surface area contributed by atoms with Crippen molar-refractivity contribution in [1.29, 1.82) is 0 Å². The van der Waals surface area contributed by atoms with Gasteiger partial charge in [0.25, 0.3) is 0 Å². The lowest BCUT2D eigenvalue weighted by atomic mass is 10.2. The van der Waals surface area contributed by atoms with E-state index in [0.29, 0.717) is 6.04 Å². The summed E-state index contributed by atoms with van der Waals surface area (Å²) in [5.41, 5.74) is 0. The SMILES string of the molecule is BN1CCC[C@H]1COc1cncc(Br)c1. The van der Waals surface area contributed by atoms with E-state index in [9.17, 15) is 0 Å². The molecule has 0 saturated carbocycles. The lowest BCUT2D eigenvalue weighted by molar-refractivity contribution is 0.235. The summed E-state index contributed by atoms with van der Waals surface area (Å²) in [5, 5.41) is 0. The zero-order chi connectivity index (χ0) is 10.7. The smallest absolute Gasteiger partial charge is 0.185 e. The van der Waals surface area contributed by atoms with Gasteiger partial charge in [-0.05, 0) is 41.4 Å². The van der Waals surface area contributed by atoms with E-state index < -0.39 is 0 Å². The molecule has 2 rings (SSSR count). The largest absolute Gasteiger partial charge is 0.490 e. The van der Waals surface area contributed by atoms with Crippen LogP contribution in [0.4, 0.5) is 0 Å². The van der Waals surface area contributed by atoms with Crippen molar-refractivity contribution in [2.45, 2.75) is 18.9 Å². The van der Waals surface area contributed by atoms with E-state index in [4.69, 9.17) is 4.74 Å². The van der Waals surface area contributed by atoms with Crippen LogP contribution < -0.4 is 4.74 Å². The zero-order valence-corrected chi connectivity index (χ0v) is 10.4. The molecule has 1 aliphatic heterocycles. The molecule has 0 bridgehead atoms. The Morgan fingerprint density at radius 2 is 2.47 bits per heavy atom. The highest BCUT2D eigenvalue weighted by Crippen LogP contribution is 2.19. The molecule has 3 nitrogen and oxygen atoms in total. The van der Waals surface area contributed by atoms with Crippen molar-refractivity contribution >= 4 is 23.9 Å². The predicted octanol–water partition coefficient (Wildman–Crippen LogP) is 1.24. The Kier molecular flexibility index (Phi) is 3.64. The van der Waals surface area contributed by atoms with Crippen LogP contribution in [0.3, 0.4) is 0 Å². The van der Waals surface area contributed by atoms with Gasteiger partial charge in [0.1, 0.15) is 12.4 Å². The fourth-order valence-corrected chi connectivity index (χ4v) is 2.20. The third-order valence-corrected chi connectivity index (χ3v) is 3.23. The molecule has 1 atom stereocenters. The summed E-state index contributed by atoms with van der Waals surface area (Å²) in [7, 11) is 2.15. The van der Waals surface area contributed by atoms with Crippen molar-refractivity contribution < 1.29 is 4.74 Å². The summed E-state index contributed by atoms with van der Waals surface area (Å²) in [4.78, 5) is 6.42. The summed E-state index contributed by atoms with van der Waals surface area (Å²) < 4.78 is 6.67. The van der Waals surface area contributed by atoms with Gasteiger partial charge in [-0.1, -0.05) is 0 Å². The van der Waals surface area contributed by atoms with Gasteiger partial charge in [0.05, 0.1) is 6.20 Å². The molecule has 0 amide bonds. The number of ether oxygens (including phenoxy) is 1. The fraction of sp³-hybridized carbons (Fsp3) is 0.500. The van der Waals surface area contributed by atoms with Crippen LogP contribution in [-0.2, 0) is 0 Å².